The summed E-state index contributed by atoms with van der Waals surface area (Å²) in [6.07, 6.45) is 2.33. The van der Waals surface area contributed by atoms with Crippen molar-refractivity contribution in [3.05, 3.63) is 11.6 Å². The van der Waals surface area contributed by atoms with Crippen LogP contribution >= 0.6 is 0 Å². The van der Waals surface area contributed by atoms with Gasteiger partial charge in [-0.25, -0.2) is 0 Å². The van der Waals surface area contributed by atoms with Crippen LogP contribution in [0.3, 0.4) is 0 Å². The van der Waals surface area contributed by atoms with Gasteiger partial charge in [0.05, 0.1) is 12.0 Å². The van der Waals surface area contributed by atoms with Gasteiger partial charge < -0.3 is 9.84 Å². The van der Waals surface area contributed by atoms with Gasteiger partial charge in [0.1, 0.15) is 5.60 Å². The fourth-order valence-electron chi connectivity index (χ4n) is 1.62. The van der Waals surface area contributed by atoms with Crippen molar-refractivity contribution in [3.63, 3.8) is 0 Å². The Balaban J connectivity index is 4.39. The Kier molecular flexibility index (Phi) is 6.61. The predicted octanol–water partition coefficient (Wildman–Crippen LogP) is 3.32. The first-order valence-corrected chi connectivity index (χ1v) is 6.61. The second-order valence-electron chi connectivity index (χ2n) is 6.25. The summed E-state index contributed by atoms with van der Waals surface area (Å²) in [6.45, 7) is 13.2. The first-order valence-electron chi connectivity index (χ1n) is 6.61. The maximum atomic E-state index is 11.8. The Hall–Kier alpha value is -0.830. The molecule has 0 heterocycles. The molecule has 0 unspecified atom stereocenters. The summed E-state index contributed by atoms with van der Waals surface area (Å²) in [5.41, 5.74) is 0.678. The average Bonchev–Trinajstić information content (AvgIpc) is 2.14. The molecule has 3 atom stereocenters. The van der Waals surface area contributed by atoms with Gasteiger partial charge in [-0.2, -0.15) is 0 Å². The standard InChI is InChI=1S/C15H28O3/c1-10(8-11(2)13(4)16)9-12(3)14(17)18-15(5,6)7/h8,11-13,16H,9H2,1-7H3/b10-8+/t11-,12-,13+/m0/s1. The molecule has 0 aromatic carbocycles. The minimum atomic E-state index is -0.435. The molecular formula is C15H28O3. The number of allylic oxidation sites excluding steroid dienone is 1. The van der Waals surface area contributed by atoms with Gasteiger partial charge in [0.2, 0.25) is 0 Å². The topological polar surface area (TPSA) is 46.5 Å². The van der Waals surface area contributed by atoms with Crippen molar-refractivity contribution in [3.8, 4) is 0 Å². The molecule has 0 aromatic heterocycles. The van der Waals surface area contributed by atoms with E-state index in [1.54, 1.807) is 6.92 Å². The molecule has 1 N–H and O–H groups in total. The molecule has 0 spiro atoms. The van der Waals surface area contributed by atoms with Gasteiger partial charge in [0.15, 0.2) is 0 Å². The van der Waals surface area contributed by atoms with Crippen LogP contribution in [-0.4, -0.2) is 22.8 Å². The quantitative estimate of drug-likeness (QED) is 0.606. The van der Waals surface area contributed by atoms with E-state index in [0.717, 1.165) is 5.57 Å². The van der Waals surface area contributed by atoms with Crippen LogP contribution in [0.4, 0.5) is 0 Å². The van der Waals surface area contributed by atoms with Gasteiger partial charge in [-0.3, -0.25) is 4.79 Å². The molecule has 18 heavy (non-hydrogen) atoms. The third-order valence-electron chi connectivity index (χ3n) is 2.75. The number of esters is 1. The number of aliphatic hydroxyl groups is 1. The molecule has 0 amide bonds. The number of rotatable bonds is 5. The number of hydrogen-bond acceptors (Lipinski definition) is 3. The predicted molar refractivity (Wildman–Crippen MR) is 74.2 cm³/mol. The third-order valence-corrected chi connectivity index (χ3v) is 2.75. The molecule has 3 heteroatoms. The lowest BCUT2D eigenvalue weighted by atomic mass is 9.97. The van der Waals surface area contributed by atoms with Crippen molar-refractivity contribution in [1.29, 1.82) is 0 Å². The number of ether oxygens (including phenoxy) is 1. The summed E-state index contributed by atoms with van der Waals surface area (Å²) >= 11 is 0. The molecule has 0 radical (unpaired) electrons. The molecule has 0 fully saturated rings. The van der Waals surface area contributed by atoms with Crippen LogP contribution in [0.5, 0.6) is 0 Å². The van der Waals surface area contributed by atoms with Crippen LogP contribution in [0.2, 0.25) is 0 Å². The Morgan fingerprint density at radius 2 is 1.78 bits per heavy atom. The average molecular weight is 256 g/mol. The van der Waals surface area contributed by atoms with Gasteiger partial charge in [0, 0.05) is 0 Å². The van der Waals surface area contributed by atoms with Gasteiger partial charge >= 0.3 is 5.97 Å². The zero-order chi connectivity index (χ0) is 14.5. The Bertz CT molecular complexity index is 297. The van der Waals surface area contributed by atoms with Crippen molar-refractivity contribution in [2.45, 2.75) is 66.6 Å². The summed E-state index contributed by atoms with van der Waals surface area (Å²) in [5.74, 6) is -0.211. The second-order valence-corrected chi connectivity index (χ2v) is 6.25. The Morgan fingerprint density at radius 3 is 2.17 bits per heavy atom. The van der Waals surface area contributed by atoms with E-state index in [4.69, 9.17) is 4.74 Å². The molecule has 0 saturated carbocycles. The van der Waals surface area contributed by atoms with E-state index in [9.17, 15) is 9.90 Å². The maximum absolute atomic E-state index is 11.8. The smallest absolute Gasteiger partial charge is 0.309 e. The normalized spacial score (nSPS) is 18.1. The summed E-state index contributed by atoms with van der Waals surface area (Å²) in [7, 11) is 0. The van der Waals surface area contributed by atoms with Gasteiger partial charge in [-0.05, 0) is 47.0 Å². The minimum absolute atomic E-state index is 0.107. The highest BCUT2D eigenvalue weighted by atomic mass is 16.6. The largest absolute Gasteiger partial charge is 0.460 e. The molecular weight excluding hydrogens is 228 g/mol. The zero-order valence-corrected chi connectivity index (χ0v) is 12.8. The second kappa shape index (κ2) is 6.93. The van der Waals surface area contributed by atoms with Crippen molar-refractivity contribution in [1.82, 2.24) is 0 Å². The lowest BCUT2D eigenvalue weighted by Crippen LogP contribution is -2.27. The fourth-order valence-corrected chi connectivity index (χ4v) is 1.62. The van der Waals surface area contributed by atoms with E-state index in [2.05, 4.69) is 0 Å². The highest BCUT2D eigenvalue weighted by Crippen LogP contribution is 2.18. The molecule has 0 aliphatic rings. The molecule has 0 rings (SSSR count). The molecule has 106 valence electrons. The maximum Gasteiger partial charge on any atom is 0.309 e. The summed E-state index contributed by atoms with van der Waals surface area (Å²) in [5, 5.41) is 9.43. The minimum Gasteiger partial charge on any atom is -0.460 e. The molecule has 3 nitrogen and oxygen atoms in total. The van der Waals surface area contributed by atoms with E-state index in [1.165, 1.54) is 0 Å². The van der Waals surface area contributed by atoms with E-state index in [0.29, 0.717) is 6.42 Å². The Labute approximate surface area is 111 Å². The van der Waals surface area contributed by atoms with Crippen LogP contribution in [0.15, 0.2) is 11.6 Å². The number of hydrogen-bond donors (Lipinski definition) is 1. The van der Waals surface area contributed by atoms with E-state index >= 15 is 0 Å². The molecule has 0 aromatic rings. The molecule has 0 saturated heterocycles. The molecule has 0 bridgehead atoms. The van der Waals surface area contributed by atoms with Gasteiger partial charge in [-0.15, -0.1) is 0 Å². The Morgan fingerprint density at radius 1 is 1.28 bits per heavy atom. The van der Waals surface area contributed by atoms with Crippen molar-refractivity contribution < 1.29 is 14.6 Å². The highest BCUT2D eigenvalue weighted by molar-refractivity contribution is 5.72. The van der Waals surface area contributed by atoms with Crippen LogP contribution in [0.25, 0.3) is 0 Å². The summed E-state index contributed by atoms with van der Waals surface area (Å²) in [6, 6.07) is 0. The monoisotopic (exact) mass is 256 g/mol. The third kappa shape index (κ3) is 7.49. The van der Waals surface area contributed by atoms with Crippen molar-refractivity contribution >= 4 is 5.97 Å². The first-order chi connectivity index (χ1) is 8.03. The van der Waals surface area contributed by atoms with Crippen LogP contribution in [0.1, 0.15) is 54.9 Å². The zero-order valence-electron chi connectivity index (χ0n) is 12.8. The van der Waals surface area contributed by atoms with Crippen LogP contribution in [-0.2, 0) is 9.53 Å². The fraction of sp³-hybridized carbons (Fsp3) is 0.800. The number of carbonyl (C=O) groups excluding carboxylic acids is 1. The van der Waals surface area contributed by atoms with E-state index < -0.39 is 5.60 Å². The van der Waals surface area contributed by atoms with Crippen LogP contribution < -0.4 is 0 Å². The first kappa shape index (κ1) is 17.2. The summed E-state index contributed by atoms with van der Waals surface area (Å²) < 4.78 is 5.34. The van der Waals surface area contributed by atoms with Gasteiger partial charge in [-0.1, -0.05) is 25.5 Å². The highest BCUT2D eigenvalue weighted by Gasteiger charge is 2.21. The molecule has 0 aliphatic carbocycles. The van der Waals surface area contributed by atoms with Gasteiger partial charge in [0.25, 0.3) is 0 Å². The lowest BCUT2D eigenvalue weighted by Gasteiger charge is -2.22. The van der Waals surface area contributed by atoms with Crippen molar-refractivity contribution in [2.24, 2.45) is 11.8 Å². The molecule has 0 aliphatic heterocycles. The number of aliphatic hydroxyl groups excluding tert-OH is 1. The summed E-state index contributed by atoms with van der Waals surface area (Å²) in [4.78, 5) is 11.8. The van der Waals surface area contributed by atoms with Crippen LogP contribution in [0, 0.1) is 11.8 Å². The van der Waals surface area contributed by atoms with Crippen molar-refractivity contribution in [2.75, 3.05) is 0 Å². The number of carbonyl (C=O) groups is 1. The lowest BCUT2D eigenvalue weighted by molar-refractivity contribution is -0.159. The SMILES string of the molecule is C/C(=C\[C@H](C)[C@@H](C)O)C[C@H](C)C(=O)OC(C)(C)C. The van der Waals surface area contributed by atoms with E-state index in [1.807, 2.05) is 47.6 Å². The van der Waals surface area contributed by atoms with E-state index in [-0.39, 0.29) is 23.9 Å².